The predicted molar refractivity (Wildman–Crippen MR) is 52.1 cm³/mol. The van der Waals surface area contributed by atoms with Crippen LogP contribution in [0.25, 0.3) is 0 Å². The topological polar surface area (TPSA) is 85.1 Å². The lowest BCUT2D eigenvalue weighted by Gasteiger charge is -2.05. The Balaban J connectivity index is 2.95. The number of nitrogens with zero attached hydrogens (tertiary/aromatic N) is 1. The van der Waals surface area contributed by atoms with Crippen molar-refractivity contribution in [3.63, 3.8) is 0 Å². The van der Waals surface area contributed by atoms with E-state index in [2.05, 4.69) is 10.3 Å². The lowest BCUT2D eigenvalue weighted by Crippen LogP contribution is -2.19. The highest BCUT2D eigenvalue weighted by molar-refractivity contribution is 6.29. The van der Waals surface area contributed by atoms with Gasteiger partial charge in [-0.2, -0.15) is 0 Å². The summed E-state index contributed by atoms with van der Waals surface area (Å²) in [5.74, 6) is -1.16. The summed E-state index contributed by atoms with van der Waals surface area (Å²) < 4.78 is 0. The fraction of sp³-hybridized carbons (Fsp3) is 0.125. The molecule has 74 valence electrons. The molecule has 0 saturated heterocycles. The van der Waals surface area contributed by atoms with E-state index < -0.39 is 11.8 Å². The molecule has 0 aromatic carbocycles. The molecular weight excluding hydrogens is 206 g/mol. The van der Waals surface area contributed by atoms with Crippen molar-refractivity contribution < 1.29 is 9.59 Å². The number of nitrogens with one attached hydrogen (secondary N) is 1. The van der Waals surface area contributed by atoms with Crippen LogP contribution in [-0.2, 0) is 4.79 Å². The molecule has 1 heterocycles. The van der Waals surface area contributed by atoms with E-state index in [1.54, 1.807) is 6.07 Å². The lowest BCUT2D eigenvalue weighted by atomic mass is 10.2. The third-order valence-electron chi connectivity index (χ3n) is 1.45. The number of hydrogen-bond donors (Lipinski definition) is 2. The Morgan fingerprint density at radius 1 is 1.57 bits per heavy atom. The average molecular weight is 214 g/mol. The number of anilines is 1. The van der Waals surface area contributed by atoms with E-state index in [0.717, 1.165) is 0 Å². The highest BCUT2D eigenvalue weighted by Crippen LogP contribution is 2.10. The van der Waals surface area contributed by atoms with Gasteiger partial charge < -0.3 is 11.1 Å². The Kier molecular flexibility index (Phi) is 3.41. The number of hydrogen-bond acceptors (Lipinski definition) is 3. The van der Waals surface area contributed by atoms with Crippen LogP contribution in [0.4, 0.5) is 5.82 Å². The van der Waals surface area contributed by atoms with E-state index in [4.69, 9.17) is 17.3 Å². The summed E-state index contributed by atoms with van der Waals surface area (Å²) in [7, 11) is 0. The average Bonchev–Trinajstić information content (AvgIpc) is 2.18. The zero-order chi connectivity index (χ0) is 10.6. The third-order valence-corrected chi connectivity index (χ3v) is 1.70. The van der Waals surface area contributed by atoms with Crippen LogP contribution in [0.3, 0.4) is 0 Å². The highest BCUT2D eigenvalue weighted by atomic mass is 35.5. The van der Waals surface area contributed by atoms with Crippen LogP contribution in [0.2, 0.25) is 0 Å². The quantitative estimate of drug-likeness (QED) is 0.711. The van der Waals surface area contributed by atoms with Crippen LogP contribution < -0.4 is 11.1 Å². The van der Waals surface area contributed by atoms with Crippen molar-refractivity contribution >= 4 is 29.2 Å². The summed E-state index contributed by atoms with van der Waals surface area (Å²) in [6.45, 7) is 0. The summed E-state index contributed by atoms with van der Waals surface area (Å²) in [6.07, 6.45) is 1.44. The number of carbonyl (C=O) groups is 2. The molecule has 0 saturated carbocycles. The summed E-state index contributed by atoms with van der Waals surface area (Å²) >= 11 is 5.28. The Hall–Kier alpha value is -1.62. The van der Waals surface area contributed by atoms with Crippen molar-refractivity contribution in [2.24, 2.45) is 5.73 Å². The maximum absolute atomic E-state index is 10.9. The maximum Gasteiger partial charge on any atom is 0.252 e. The molecular formula is C8H8ClN3O2. The Morgan fingerprint density at radius 3 is 2.86 bits per heavy atom. The third kappa shape index (κ3) is 2.43. The van der Waals surface area contributed by atoms with Gasteiger partial charge in [0.15, 0.2) is 0 Å². The predicted octanol–water partition coefficient (Wildman–Crippen LogP) is 0.358. The molecule has 3 N–H and O–H groups in total. The molecule has 0 aliphatic heterocycles. The summed E-state index contributed by atoms with van der Waals surface area (Å²) in [6, 6.07) is 3.02. The molecule has 1 aromatic rings. The number of nitrogens with two attached hydrogens (primary N) is 1. The number of halogens is 1. The van der Waals surface area contributed by atoms with Gasteiger partial charge in [0.2, 0.25) is 5.91 Å². The van der Waals surface area contributed by atoms with Crippen molar-refractivity contribution in [1.82, 2.24) is 4.98 Å². The van der Waals surface area contributed by atoms with Gasteiger partial charge in [-0.05, 0) is 12.1 Å². The van der Waals surface area contributed by atoms with Crippen molar-refractivity contribution in [3.8, 4) is 0 Å². The Labute approximate surface area is 85.3 Å². The second-order valence-corrected chi connectivity index (χ2v) is 2.71. The van der Waals surface area contributed by atoms with Crippen LogP contribution in [0, 0.1) is 0 Å². The molecule has 0 bridgehead atoms. The van der Waals surface area contributed by atoms with Gasteiger partial charge in [-0.1, -0.05) is 0 Å². The first kappa shape index (κ1) is 10.5. The fourth-order valence-electron chi connectivity index (χ4n) is 0.869. The zero-order valence-electron chi connectivity index (χ0n) is 7.16. The molecule has 1 rings (SSSR count). The maximum atomic E-state index is 10.9. The van der Waals surface area contributed by atoms with Crippen molar-refractivity contribution in [1.29, 1.82) is 0 Å². The van der Waals surface area contributed by atoms with Crippen molar-refractivity contribution in [2.45, 2.75) is 0 Å². The number of pyridine rings is 1. The van der Waals surface area contributed by atoms with E-state index >= 15 is 0 Å². The van der Waals surface area contributed by atoms with E-state index in [1.807, 2.05) is 0 Å². The smallest absolute Gasteiger partial charge is 0.252 e. The first-order chi connectivity index (χ1) is 6.65. The second-order valence-electron chi connectivity index (χ2n) is 2.45. The Bertz CT molecular complexity index is 367. The number of carbonyl (C=O) groups excluding carboxylic acids is 2. The Morgan fingerprint density at radius 2 is 2.29 bits per heavy atom. The second kappa shape index (κ2) is 4.57. The van der Waals surface area contributed by atoms with Gasteiger partial charge in [0.25, 0.3) is 5.91 Å². The SMILES string of the molecule is NC(=O)c1cccnc1NC(=O)CCl. The number of alkyl halides is 1. The van der Waals surface area contributed by atoms with Gasteiger partial charge in [-0.15, -0.1) is 11.6 Å². The van der Waals surface area contributed by atoms with Crippen LogP contribution in [0.1, 0.15) is 10.4 Å². The van der Waals surface area contributed by atoms with Crippen LogP contribution in [0.15, 0.2) is 18.3 Å². The molecule has 0 aliphatic rings. The van der Waals surface area contributed by atoms with Crippen LogP contribution in [0.5, 0.6) is 0 Å². The number of amides is 2. The van der Waals surface area contributed by atoms with Gasteiger partial charge in [0.05, 0.1) is 5.56 Å². The normalized spacial score (nSPS) is 9.50. The molecule has 0 atom stereocenters. The minimum Gasteiger partial charge on any atom is -0.365 e. The number of primary amides is 1. The molecule has 5 nitrogen and oxygen atoms in total. The zero-order valence-corrected chi connectivity index (χ0v) is 7.91. The van der Waals surface area contributed by atoms with Crippen molar-refractivity contribution in [2.75, 3.05) is 11.2 Å². The fourth-order valence-corrected chi connectivity index (χ4v) is 0.936. The molecule has 0 aliphatic carbocycles. The minimum absolute atomic E-state index is 0.130. The van der Waals surface area contributed by atoms with Gasteiger partial charge in [0.1, 0.15) is 11.7 Å². The first-order valence-corrected chi connectivity index (χ1v) is 4.29. The van der Waals surface area contributed by atoms with Gasteiger partial charge >= 0.3 is 0 Å². The summed E-state index contributed by atoms with van der Waals surface area (Å²) in [5, 5.41) is 2.36. The minimum atomic E-state index is -0.650. The van der Waals surface area contributed by atoms with Crippen molar-refractivity contribution in [3.05, 3.63) is 23.9 Å². The van der Waals surface area contributed by atoms with E-state index in [-0.39, 0.29) is 17.3 Å². The van der Waals surface area contributed by atoms with Crippen LogP contribution >= 0.6 is 11.6 Å². The van der Waals surface area contributed by atoms with Gasteiger partial charge in [-0.3, -0.25) is 9.59 Å². The molecule has 0 fully saturated rings. The molecule has 6 heteroatoms. The summed E-state index contributed by atoms with van der Waals surface area (Å²) in [5.41, 5.74) is 5.23. The lowest BCUT2D eigenvalue weighted by molar-refractivity contribution is -0.113. The molecule has 14 heavy (non-hydrogen) atoms. The highest BCUT2D eigenvalue weighted by Gasteiger charge is 2.10. The van der Waals surface area contributed by atoms with Gasteiger partial charge in [-0.25, -0.2) is 4.98 Å². The standard InChI is InChI=1S/C8H8ClN3O2/c9-4-6(13)12-8-5(7(10)14)2-1-3-11-8/h1-3H,4H2,(H2,10,14)(H,11,12,13). The first-order valence-electron chi connectivity index (χ1n) is 3.75. The monoisotopic (exact) mass is 213 g/mol. The van der Waals surface area contributed by atoms with Gasteiger partial charge in [0, 0.05) is 6.20 Å². The number of rotatable bonds is 3. The number of aromatic nitrogens is 1. The van der Waals surface area contributed by atoms with E-state index in [1.165, 1.54) is 12.3 Å². The van der Waals surface area contributed by atoms with E-state index in [9.17, 15) is 9.59 Å². The molecule has 1 aromatic heterocycles. The molecule has 0 spiro atoms. The molecule has 0 radical (unpaired) electrons. The van der Waals surface area contributed by atoms with Crippen LogP contribution in [-0.4, -0.2) is 22.7 Å². The van der Waals surface area contributed by atoms with E-state index in [0.29, 0.717) is 0 Å². The molecule has 0 unspecified atom stereocenters. The summed E-state index contributed by atoms with van der Waals surface area (Å²) in [4.78, 5) is 25.6. The molecule has 2 amide bonds. The largest absolute Gasteiger partial charge is 0.365 e.